The number of hydrogen-bond donors (Lipinski definition) is 1. The highest BCUT2D eigenvalue weighted by Crippen LogP contribution is 2.27. The van der Waals surface area contributed by atoms with Gasteiger partial charge in [0.1, 0.15) is 0 Å². The molecule has 2 fully saturated rings. The lowest BCUT2D eigenvalue weighted by Gasteiger charge is -2.18. The number of aromatic nitrogens is 1. The monoisotopic (exact) mass is 297 g/mol. The van der Waals surface area contributed by atoms with Crippen LogP contribution in [0.4, 0.5) is 0 Å². The molecule has 0 aliphatic carbocycles. The molecule has 4 rings (SSSR count). The van der Waals surface area contributed by atoms with Crippen LogP contribution in [0.5, 0.6) is 0 Å². The Morgan fingerprint density at radius 2 is 1.77 bits per heavy atom. The Kier molecular flexibility index (Phi) is 3.62. The second-order valence-corrected chi connectivity index (χ2v) is 6.52. The van der Waals surface area contributed by atoms with E-state index in [1.54, 1.807) is 0 Å². The summed E-state index contributed by atoms with van der Waals surface area (Å²) in [4.78, 5) is 20.7. The topological polar surface area (TPSA) is 39.3 Å². The van der Waals surface area contributed by atoms with Crippen molar-refractivity contribution in [3.8, 4) is 0 Å². The first-order valence-electron chi connectivity index (χ1n) is 8.43. The molecule has 2 saturated heterocycles. The van der Waals surface area contributed by atoms with Crippen molar-refractivity contribution in [3.05, 3.63) is 35.5 Å². The maximum absolute atomic E-state index is 12.8. The number of fused-ring (bicyclic) bond motifs is 1. The molecule has 0 atom stereocenters. The fourth-order valence-corrected chi connectivity index (χ4v) is 3.83. The number of carbonyl (C=O) groups is 1. The highest BCUT2D eigenvalue weighted by molar-refractivity contribution is 6.07. The summed E-state index contributed by atoms with van der Waals surface area (Å²) in [6.07, 6.45) is 6.94. The molecule has 4 heteroatoms. The minimum Gasteiger partial charge on any atom is -0.361 e. The van der Waals surface area contributed by atoms with E-state index in [2.05, 4.69) is 22.1 Å². The van der Waals surface area contributed by atoms with E-state index in [0.29, 0.717) is 0 Å². The zero-order chi connectivity index (χ0) is 14.9. The van der Waals surface area contributed by atoms with Crippen molar-refractivity contribution in [2.75, 3.05) is 26.2 Å². The first-order chi connectivity index (χ1) is 10.8. The molecule has 22 heavy (non-hydrogen) atoms. The summed E-state index contributed by atoms with van der Waals surface area (Å²) < 4.78 is 0. The number of rotatable bonds is 3. The van der Waals surface area contributed by atoms with Gasteiger partial charge in [-0.05, 0) is 56.5 Å². The Bertz CT molecular complexity index is 679. The van der Waals surface area contributed by atoms with Crippen LogP contribution in [0.3, 0.4) is 0 Å². The molecule has 0 bridgehead atoms. The summed E-state index contributed by atoms with van der Waals surface area (Å²) in [6.45, 7) is 5.11. The number of hydrogen-bond acceptors (Lipinski definition) is 2. The Morgan fingerprint density at radius 1 is 1.05 bits per heavy atom. The van der Waals surface area contributed by atoms with Crippen LogP contribution in [0.1, 0.15) is 41.6 Å². The summed E-state index contributed by atoms with van der Waals surface area (Å²) in [5, 5.41) is 1.13. The highest BCUT2D eigenvalue weighted by Gasteiger charge is 2.23. The van der Waals surface area contributed by atoms with Crippen molar-refractivity contribution in [2.45, 2.75) is 32.2 Å². The molecule has 2 aliphatic rings. The van der Waals surface area contributed by atoms with E-state index in [9.17, 15) is 4.79 Å². The quantitative estimate of drug-likeness (QED) is 0.946. The Balaban J connectivity index is 1.70. The van der Waals surface area contributed by atoms with Gasteiger partial charge in [0, 0.05) is 42.3 Å². The molecule has 2 aromatic rings. The van der Waals surface area contributed by atoms with E-state index in [4.69, 9.17) is 0 Å². The third-order valence-electron chi connectivity index (χ3n) is 5.00. The number of benzene rings is 1. The minimum atomic E-state index is 0.199. The number of aromatic amines is 1. The van der Waals surface area contributed by atoms with Crippen LogP contribution in [0.25, 0.3) is 10.9 Å². The summed E-state index contributed by atoms with van der Waals surface area (Å²) in [6, 6.07) is 6.05. The fourth-order valence-electron chi connectivity index (χ4n) is 3.83. The average molecular weight is 297 g/mol. The zero-order valence-corrected chi connectivity index (χ0v) is 13.0. The van der Waals surface area contributed by atoms with Gasteiger partial charge in [-0.1, -0.05) is 6.07 Å². The maximum atomic E-state index is 12.8. The number of nitrogens with one attached hydrogen (secondary N) is 1. The van der Waals surface area contributed by atoms with E-state index in [1.165, 1.54) is 31.5 Å². The normalized spacial score (nSPS) is 19.4. The smallest absolute Gasteiger partial charge is 0.254 e. The lowest BCUT2D eigenvalue weighted by atomic mass is 10.0. The van der Waals surface area contributed by atoms with Gasteiger partial charge in [0.05, 0.1) is 0 Å². The van der Waals surface area contributed by atoms with Crippen molar-refractivity contribution in [3.63, 3.8) is 0 Å². The maximum Gasteiger partial charge on any atom is 0.254 e. The van der Waals surface area contributed by atoms with E-state index in [0.717, 1.165) is 48.9 Å². The molecule has 1 amide bonds. The first-order valence-corrected chi connectivity index (χ1v) is 8.43. The number of H-pyrrole nitrogens is 1. The average Bonchev–Trinajstić information content (AvgIpc) is 3.29. The molecule has 1 aromatic heterocycles. The van der Waals surface area contributed by atoms with Gasteiger partial charge in [0.15, 0.2) is 0 Å². The van der Waals surface area contributed by atoms with Crippen LogP contribution >= 0.6 is 0 Å². The molecule has 0 spiro atoms. The molecule has 4 nitrogen and oxygen atoms in total. The van der Waals surface area contributed by atoms with Gasteiger partial charge in [-0.2, -0.15) is 0 Å². The highest BCUT2D eigenvalue weighted by atomic mass is 16.2. The molecule has 2 aliphatic heterocycles. The first kappa shape index (κ1) is 13.8. The SMILES string of the molecule is O=C(c1cccc2[nH]cc(CN3CCCC3)c12)N1CCCC1. The molecule has 116 valence electrons. The molecule has 1 aromatic carbocycles. The van der Waals surface area contributed by atoms with Gasteiger partial charge in [0.2, 0.25) is 0 Å². The summed E-state index contributed by atoms with van der Waals surface area (Å²) in [5.74, 6) is 0.199. The number of nitrogens with zero attached hydrogens (tertiary/aromatic N) is 2. The number of carbonyl (C=O) groups excluding carboxylic acids is 1. The summed E-state index contributed by atoms with van der Waals surface area (Å²) in [5.41, 5.74) is 3.22. The fraction of sp³-hybridized carbons (Fsp3) is 0.500. The van der Waals surface area contributed by atoms with E-state index in [-0.39, 0.29) is 5.91 Å². The second kappa shape index (κ2) is 5.76. The van der Waals surface area contributed by atoms with Gasteiger partial charge >= 0.3 is 0 Å². The number of likely N-dealkylation sites (tertiary alicyclic amines) is 2. The van der Waals surface area contributed by atoms with Crippen LogP contribution < -0.4 is 0 Å². The Labute approximate surface area is 131 Å². The molecule has 0 radical (unpaired) electrons. The van der Waals surface area contributed by atoms with Crippen LogP contribution in [0, 0.1) is 0 Å². The Morgan fingerprint density at radius 3 is 2.55 bits per heavy atom. The van der Waals surface area contributed by atoms with Crippen LogP contribution in [-0.2, 0) is 6.54 Å². The van der Waals surface area contributed by atoms with Gasteiger partial charge in [-0.25, -0.2) is 0 Å². The van der Waals surface area contributed by atoms with Crippen LogP contribution in [0.15, 0.2) is 24.4 Å². The summed E-state index contributed by atoms with van der Waals surface area (Å²) >= 11 is 0. The van der Waals surface area contributed by atoms with E-state index in [1.807, 2.05) is 17.0 Å². The third kappa shape index (κ3) is 2.41. The molecule has 0 unspecified atom stereocenters. The minimum absolute atomic E-state index is 0.199. The van der Waals surface area contributed by atoms with E-state index >= 15 is 0 Å². The lowest BCUT2D eigenvalue weighted by molar-refractivity contribution is 0.0794. The predicted octanol–water partition coefficient (Wildman–Crippen LogP) is 3.00. The van der Waals surface area contributed by atoms with Crippen molar-refractivity contribution in [1.82, 2.24) is 14.8 Å². The molecule has 0 saturated carbocycles. The molecular formula is C18H23N3O. The van der Waals surface area contributed by atoms with Crippen LogP contribution in [0.2, 0.25) is 0 Å². The zero-order valence-electron chi connectivity index (χ0n) is 13.0. The molecule has 3 heterocycles. The van der Waals surface area contributed by atoms with Gasteiger partial charge in [0.25, 0.3) is 5.91 Å². The summed E-state index contributed by atoms with van der Waals surface area (Å²) in [7, 11) is 0. The number of amides is 1. The van der Waals surface area contributed by atoms with Crippen molar-refractivity contribution >= 4 is 16.8 Å². The van der Waals surface area contributed by atoms with Crippen molar-refractivity contribution < 1.29 is 4.79 Å². The van der Waals surface area contributed by atoms with Gasteiger partial charge in [-0.3, -0.25) is 9.69 Å². The van der Waals surface area contributed by atoms with Gasteiger partial charge < -0.3 is 9.88 Å². The lowest BCUT2D eigenvalue weighted by Crippen LogP contribution is -2.28. The van der Waals surface area contributed by atoms with E-state index < -0.39 is 0 Å². The van der Waals surface area contributed by atoms with Crippen molar-refractivity contribution in [2.24, 2.45) is 0 Å². The Hall–Kier alpha value is -1.81. The molecular weight excluding hydrogens is 274 g/mol. The second-order valence-electron chi connectivity index (χ2n) is 6.52. The van der Waals surface area contributed by atoms with Gasteiger partial charge in [-0.15, -0.1) is 0 Å². The molecule has 1 N–H and O–H groups in total. The predicted molar refractivity (Wildman–Crippen MR) is 87.9 cm³/mol. The third-order valence-corrected chi connectivity index (χ3v) is 5.00. The van der Waals surface area contributed by atoms with Crippen molar-refractivity contribution in [1.29, 1.82) is 0 Å². The largest absolute Gasteiger partial charge is 0.361 e. The van der Waals surface area contributed by atoms with Crippen LogP contribution in [-0.4, -0.2) is 46.9 Å². The standard InChI is InChI=1S/C18H23N3O/c22-18(21-10-3-4-11-21)15-6-5-7-16-17(15)14(12-19-16)13-20-8-1-2-9-20/h5-7,12,19H,1-4,8-11,13H2.